The predicted molar refractivity (Wildman–Crippen MR) is 160 cm³/mol. The minimum absolute atomic E-state index is 0.172. The number of hydrogen-bond acceptors (Lipinski definition) is 4. The Morgan fingerprint density at radius 1 is 1.05 bits per heavy atom. The lowest BCUT2D eigenvalue weighted by atomic mass is 9.95. The molecule has 1 heterocycles. The quantitative estimate of drug-likeness (QED) is 0.278. The molecule has 1 fully saturated rings. The first-order valence-electron chi connectivity index (χ1n) is 14.1. The first-order valence-corrected chi connectivity index (χ1v) is 14.5. The molecule has 1 aliphatic heterocycles. The summed E-state index contributed by atoms with van der Waals surface area (Å²) >= 11 is 6.14. The number of rotatable bonds is 12. The average molecular weight is 535 g/mol. The largest absolute Gasteiger partial charge is 0.341 e. The first-order chi connectivity index (χ1) is 18.4. The minimum Gasteiger partial charge on any atom is -0.341 e. The molecule has 0 saturated carbocycles. The molecule has 0 radical (unpaired) electrons. The molecule has 1 aliphatic rings. The molecule has 1 saturated heterocycles. The Balaban J connectivity index is 1.39. The second kappa shape index (κ2) is 14.1. The van der Waals surface area contributed by atoms with Gasteiger partial charge < -0.3 is 20.9 Å². The predicted octanol–water partition coefficient (Wildman–Crippen LogP) is 5.72. The van der Waals surface area contributed by atoms with E-state index in [1.807, 2.05) is 12.1 Å². The topological polar surface area (TPSA) is 56.4 Å². The van der Waals surface area contributed by atoms with E-state index < -0.39 is 0 Å². The lowest BCUT2D eigenvalue weighted by molar-refractivity contribution is -0.133. The fourth-order valence-electron chi connectivity index (χ4n) is 5.37. The van der Waals surface area contributed by atoms with E-state index in [4.69, 9.17) is 11.6 Å². The van der Waals surface area contributed by atoms with E-state index in [0.717, 1.165) is 62.4 Å². The van der Waals surface area contributed by atoms with Gasteiger partial charge in [-0.25, -0.2) is 0 Å². The summed E-state index contributed by atoms with van der Waals surface area (Å²) < 4.78 is 0. The lowest BCUT2D eigenvalue weighted by Crippen LogP contribution is -2.49. The van der Waals surface area contributed by atoms with Gasteiger partial charge >= 0.3 is 0 Å². The molecule has 3 aromatic carbocycles. The van der Waals surface area contributed by atoms with E-state index in [9.17, 15) is 4.79 Å². The van der Waals surface area contributed by atoms with Gasteiger partial charge in [0.15, 0.2) is 0 Å². The molecule has 5 nitrogen and oxygen atoms in total. The SMILES string of the molecule is CCC(CN1CCC(CNCc2ccc3cc(Cl)ccc3c2)NC(CCNC(C)C)C1=O)c1ccccc1. The van der Waals surface area contributed by atoms with Crippen molar-refractivity contribution in [3.05, 3.63) is 82.9 Å². The van der Waals surface area contributed by atoms with Gasteiger partial charge in [0.05, 0.1) is 6.04 Å². The molecule has 3 N–H and O–H groups in total. The van der Waals surface area contributed by atoms with Gasteiger partial charge in [0.1, 0.15) is 0 Å². The summed E-state index contributed by atoms with van der Waals surface area (Å²) in [5.41, 5.74) is 2.56. The van der Waals surface area contributed by atoms with Crippen molar-refractivity contribution in [2.75, 3.05) is 26.2 Å². The zero-order valence-electron chi connectivity index (χ0n) is 23.1. The fraction of sp³-hybridized carbons (Fsp3) is 0.469. The van der Waals surface area contributed by atoms with E-state index in [1.165, 1.54) is 16.5 Å². The smallest absolute Gasteiger partial charge is 0.239 e. The van der Waals surface area contributed by atoms with Crippen LogP contribution in [0.3, 0.4) is 0 Å². The molecule has 3 atom stereocenters. The molecule has 0 spiro atoms. The van der Waals surface area contributed by atoms with Crippen LogP contribution in [0.1, 0.15) is 57.1 Å². The molecular weight excluding hydrogens is 492 g/mol. The maximum Gasteiger partial charge on any atom is 0.239 e. The second-order valence-electron chi connectivity index (χ2n) is 10.9. The van der Waals surface area contributed by atoms with Crippen molar-refractivity contribution in [3.63, 3.8) is 0 Å². The summed E-state index contributed by atoms with van der Waals surface area (Å²) in [5.74, 6) is 0.590. The Morgan fingerprint density at radius 3 is 2.58 bits per heavy atom. The third-order valence-corrected chi connectivity index (χ3v) is 7.81. The molecule has 3 aromatic rings. The highest BCUT2D eigenvalue weighted by Gasteiger charge is 2.31. The number of benzene rings is 3. The summed E-state index contributed by atoms with van der Waals surface area (Å²) in [6.45, 7) is 10.5. The van der Waals surface area contributed by atoms with Gasteiger partial charge in [-0.05, 0) is 65.9 Å². The van der Waals surface area contributed by atoms with Crippen LogP contribution in [0, 0.1) is 0 Å². The van der Waals surface area contributed by atoms with E-state index in [2.05, 4.69) is 96.2 Å². The Morgan fingerprint density at radius 2 is 1.82 bits per heavy atom. The summed E-state index contributed by atoms with van der Waals surface area (Å²) in [5, 5.41) is 14.0. The summed E-state index contributed by atoms with van der Waals surface area (Å²) in [6.07, 6.45) is 2.75. The fourth-order valence-corrected chi connectivity index (χ4v) is 5.56. The van der Waals surface area contributed by atoms with Crippen molar-refractivity contribution >= 4 is 28.3 Å². The zero-order chi connectivity index (χ0) is 26.9. The zero-order valence-corrected chi connectivity index (χ0v) is 23.8. The van der Waals surface area contributed by atoms with Gasteiger partial charge in [0.25, 0.3) is 0 Å². The van der Waals surface area contributed by atoms with Crippen molar-refractivity contribution < 1.29 is 4.79 Å². The molecular formula is C32H43ClN4O. The van der Waals surface area contributed by atoms with Crippen molar-refractivity contribution in [2.45, 2.75) is 70.6 Å². The van der Waals surface area contributed by atoms with Gasteiger partial charge in [-0.2, -0.15) is 0 Å². The summed E-state index contributed by atoms with van der Waals surface area (Å²) in [6, 6.07) is 23.6. The van der Waals surface area contributed by atoms with Crippen molar-refractivity contribution in [3.8, 4) is 0 Å². The third kappa shape index (κ3) is 8.03. The molecule has 38 heavy (non-hydrogen) atoms. The van der Waals surface area contributed by atoms with E-state index in [1.54, 1.807) is 0 Å². The molecule has 204 valence electrons. The van der Waals surface area contributed by atoms with Crippen LogP contribution in [0.2, 0.25) is 5.02 Å². The third-order valence-electron chi connectivity index (χ3n) is 7.57. The van der Waals surface area contributed by atoms with Gasteiger partial charge in [-0.15, -0.1) is 0 Å². The van der Waals surface area contributed by atoms with Crippen molar-refractivity contribution in [1.82, 2.24) is 20.9 Å². The number of nitrogens with one attached hydrogen (secondary N) is 3. The van der Waals surface area contributed by atoms with Crippen LogP contribution in [0.25, 0.3) is 10.8 Å². The van der Waals surface area contributed by atoms with Crippen LogP contribution in [-0.4, -0.2) is 55.1 Å². The summed E-state index contributed by atoms with van der Waals surface area (Å²) in [4.78, 5) is 15.8. The maximum atomic E-state index is 13.7. The highest BCUT2D eigenvalue weighted by atomic mass is 35.5. The second-order valence-corrected chi connectivity index (χ2v) is 11.3. The molecule has 0 aromatic heterocycles. The number of carbonyl (C=O) groups is 1. The van der Waals surface area contributed by atoms with E-state index in [0.29, 0.717) is 12.0 Å². The highest BCUT2D eigenvalue weighted by Crippen LogP contribution is 2.23. The van der Waals surface area contributed by atoms with Crippen LogP contribution in [-0.2, 0) is 11.3 Å². The van der Waals surface area contributed by atoms with Gasteiger partial charge in [-0.1, -0.05) is 80.9 Å². The van der Waals surface area contributed by atoms with Crippen molar-refractivity contribution in [1.29, 1.82) is 0 Å². The Bertz CT molecular complexity index is 1170. The van der Waals surface area contributed by atoms with Crippen LogP contribution < -0.4 is 16.0 Å². The number of halogens is 1. The van der Waals surface area contributed by atoms with E-state index >= 15 is 0 Å². The van der Waals surface area contributed by atoms with Crippen LogP contribution in [0.15, 0.2) is 66.7 Å². The average Bonchev–Trinajstić information content (AvgIpc) is 3.06. The van der Waals surface area contributed by atoms with Crippen molar-refractivity contribution in [2.24, 2.45) is 0 Å². The van der Waals surface area contributed by atoms with Crippen LogP contribution >= 0.6 is 11.6 Å². The lowest BCUT2D eigenvalue weighted by Gasteiger charge is -2.29. The minimum atomic E-state index is -0.172. The molecule has 0 aliphatic carbocycles. The monoisotopic (exact) mass is 534 g/mol. The number of amides is 1. The Labute approximate surface area is 233 Å². The number of fused-ring (bicyclic) bond motifs is 1. The van der Waals surface area contributed by atoms with Crippen LogP contribution in [0.5, 0.6) is 0 Å². The van der Waals surface area contributed by atoms with Gasteiger partial charge in [-0.3, -0.25) is 4.79 Å². The normalized spacial score (nSPS) is 19.2. The molecule has 6 heteroatoms. The van der Waals surface area contributed by atoms with Gasteiger partial charge in [0, 0.05) is 49.2 Å². The Hall–Kier alpha value is -2.44. The number of carbonyl (C=O) groups excluding carboxylic acids is 1. The Kier molecular flexibility index (Phi) is 10.6. The molecule has 3 unspecified atom stereocenters. The molecule has 0 bridgehead atoms. The molecule has 4 rings (SSSR count). The van der Waals surface area contributed by atoms with Crippen LogP contribution in [0.4, 0.5) is 0 Å². The highest BCUT2D eigenvalue weighted by molar-refractivity contribution is 6.31. The molecule has 1 amide bonds. The number of nitrogens with zero attached hydrogens (tertiary/aromatic N) is 1. The standard InChI is InChI=1S/C32H43ClN4O/c1-4-25(26-8-6-5-7-9-26)22-37-17-15-30(36-31(32(37)38)14-16-35-23(2)3)21-34-20-24-10-11-28-19-29(33)13-12-27(28)18-24/h5-13,18-19,23,25,30-31,34-36H,4,14-17,20-22H2,1-3H3. The van der Waals surface area contributed by atoms with E-state index in [-0.39, 0.29) is 18.0 Å². The number of hydrogen-bond donors (Lipinski definition) is 3. The van der Waals surface area contributed by atoms with Gasteiger partial charge in [0.2, 0.25) is 5.91 Å². The first kappa shape index (κ1) is 28.6. The summed E-state index contributed by atoms with van der Waals surface area (Å²) in [7, 11) is 0. The maximum absolute atomic E-state index is 13.7.